The minimum Gasteiger partial charge on any atom is -0.481 e. The summed E-state index contributed by atoms with van der Waals surface area (Å²) in [6, 6.07) is 6.16. The zero-order chi connectivity index (χ0) is 16.3. The third kappa shape index (κ3) is 14.6. The minimum absolute atomic E-state index is 0.111. The zero-order valence-electron chi connectivity index (χ0n) is 11.8. The van der Waals surface area contributed by atoms with E-state index in [0.29, 0.717) is 6.54 Å². The highest BCUT2D eigenvalue weighted by molar-refractivity contribution is 7.89. The highest BCUT2D eigenvalue weighted by Crippen LogP contribution is 2.07. The van der Waals surface area contributed by atoms with Gasteiger partial charge in [0.05, 0.1) is 4.90 Å². The van der Waals surface area contributed by atoms with Gasteiger partial charge in [0.25, 0.3) is 5.97 Å². The molecule has 0 radical (unpaired) electrons. The molecule has 1 aromatic carbocycles. The largest absolute Gasteiger partial charge is 0.481 e. The molecule has 0 atom stereocenters. The fourth-order valence-corrected chi connectivity index (χ4v) is 1.33. The Labute approximate surface area is 119 Å². The van der Waals surface area contributed by atoms with Crippen LogP contribution in [0.3, 0.4) is 0 Å². The molecule has 20 heavy (non-hydrogen) atoms. The molecule has 6 N–H and O–H groups in total. The Morgan fingerprint density at radius 3 is 1.75 bits per heavy atom. The summed E-state index contributed by atoms with van der Waals surface area (Å²) >= 11 is 0. The maximum Gasteiger partial charge on any atom is 0.300 e. The van der Waals surface area contributed by atoms with Crippen LogP contribution < -0.4 is 10.9 Å². The van der Waals surface area contributed by atoms with Crippen molar-refractivity contribution >= 4 is 16.0 Å². The van der Waals surface area contributed by atoms with Crippen molar-refractivity contribution in [3.8, 4) is 0 Å². The lowest BCUT2D eigenvalue weighted by Crippen LogP contribution is -2.12. The van der Waals surface area contributed by atoms with Gasteiger partial charge in [0.1, 0.15) is 0 Å². The predicted octanol–water partition coefficient (Wildman–Crippen LogP) is 0.271. The molecule has 0 aliphatic rings. The van der Waals surface area contributed by atoms with Gasteiger partial charge in [-0.1, -0.05) is 12.1 Å². The second-order valence-corrected chi connectivity index (χ2v) is 5.57. The number of carboxylic acid groups (broad SMARTS) is 1. The van der Waals surface area contributed by atoms with E-state index in [-0.39, 0.29) is 11.0 Å². The van der Waals surface area contributed by atoms with Crippen molar-refractivity contribution in [1.29, 1.82) is 0 Å². The van der Waals surface area contributed by atoms with Crippen molar-refractivity contribution in [2.75, 3.05) is 0 Å². The third-order valence-electron chi connectivity index (χ3n) is 1.49. The third-order valence-corrected chi connectivity index (χ3v) is 2.42. The number of sulfonamides is 1. The van der Waals surface area contributed by atoms with E-state index in [1.165, 1.54) is 12.1 Å². The molecule has 0 amide bonds. The van der Waals surface area contributed by atoms with Gasteiger partial charge in [-0.15, -0.1) is 0 Å². The summed E-state index contributed by atoms with van der Waals surface area (Å²) in [5, 5.41) is 20.4. The van der Waals surface area contributed by atoms with E-state index in [1.807, 2.05) is 0 Å². The van der Waals surface area contributed by atoms with Crippen LogP contribution in [-0.2, 0) is 21.4 Å². The number of hydrogen-bond donors (Lipinski definition) is 4. The molecule has 0 spiro atoms. The van der Waals surface area contributed by atoms with Crippen LogP contribution in [0.25, 0.3) is 0 Å². The molecular weight excluding hydrogens is 284 g/mol. The van der Waals surface area contributed by atoms with Gasteiger partial charge in [-0.25, -0.2) is 13.6 Å². The van der Waals surface area contributed by atoms with Gasteiger partial charge in [0, 0.05) is 19.6 Å². The van der Waals surface area contributed by atoms with Crippen LogP contribution in [0.2, 0.25) is 0 Å². The first kappa shape index (κ1) is 20.8. The van der Waals surface area contributed by atoms with Crippen molar-refractivity contribution in [3.63, 3.8) is 0 Å². The molecule has 0 fully saturated rings. The van der Waals surface area contributed by atoms with E-state index in [0.717, 1.165) is 12.5 Å². The second kappa shape index (κ2) is 10.3. The average Bonchev–Trinajstić information content (AvgIpc) is 2.26. The van der Waals surface area contributed by atoms with Gasteiger partial charge in [-0.2, -0.15) is 0 Å². The zero-order valence-corrected chi connectivity index (χ0v) is 12.6. The monoisotopic (exact) mass is 306 g/mol. The van der Waals surface area contributed by atoms with Crippen LogP contribution in [0, 0.1) is 0 Å². The van der Waals surface area contributed by atoms with Gasteiger partial charge in [0.15, 0.2) is 0 Å². The first-order valence-corrected chi connectivity index (χ1v) is 7.24. The lowest BCUT2D eigenvalue weighted by Gasteiger charge is -1.98. The van der Waals surface area contributed by atoms with Crippen LogP contribution in [0.5, 0.6) is 0 Å². The molecule has 0 aliphatic carbocycles. The van der Waals surface area contributed by atoms with Crippen molar-refractivity contribution in [3.05, 3.63) is 29.8 Å². The van der Waals surface area contributed by atoms with Gasteiger partial charge >= 0.3 is 0 Å². The first-order chi connectivity index (χ1) is 9.00. The lowest BCUT2D eigenvalue weighted by atomic mass is 10.2. The number of aliphatic carboxylic acids is 1. The van der Waals surface area contributed by atoms with Crippen LogP contribution in [0.4, 0.5) is 0 Å². The number of carbonyl (C=O) groups is 1. The Hall–Kier alpha value is -1.48. The molecule has 7 nitrogen and oxygen atoms in total. The van der Waals surface area contributed by atoms with Crippen LogP contribution >= 0.6 is 0 Å². The molecule has 8 heteroatoms. The first-order valence-electron chi connectivity index (χ1n) is 5.70. The molecule has 0 unspecified atom stereocenters. The minimum atomic E-state index is -3.57. The maximum absolute atomic E-state index is 10.8. The Morgan fingerprint density at radius 1 is 1.25 bits per heavy atom. The quantitative estimate of drug-likeness (QED) is 0.617. The van der Waals surface area contributed by atoms with E-state index in [4.69, 9.17) is 25.9 Å². The number of nitrogens with two attached hydrogens (primary N) is 2. The number of hydrogen-bond acceptors (Lipinski definition) is 5. The Balaban J connectivity index is 0. The number of rotatable bonds is 2. The summed E-state index contributed by atoms with van der Waals surface area (Å²) in [5.41, 5.74) is 6.21. The highest BCUT2D eigenvalue weighted by Gasteiger charge is 2.05. The smallest absolute Gasteiger partial charge is 0.300 e. The molecule has 0 heterocycles. The van der Waals surface area contributed by atoms with Crippen molar-refractivity contribution in [2.45, 2.75) is 38.3 Å². The normalized spacial score (nSPS) is 9.95. The van der Waals surface area contributed by atoms with Gasteiger partial charge in [-0.05, 0) is 31.5 Å². The van der Waals surface area contributed by atoms with Gasteiger partial charge in [0.2, 0.25) is 10.0 Å². The SMILES string of the molecule is CC(=O)O.CC(C)O.NCc1ccc(S(N)(=O)=O)cc1. The Morgan fingerprint density at radius 2 is 1.55 bits per heavy atom. The van der Waals surface area contributed by atoms with E-state index < -0.39 is 16.0 Å². The van der Waals surface area contributed by atoms with Crippen molar-refractivity contribution in [1.82, 2.24) is 0 Å². The van der Waals surface area contributed by atoms with E-state index >= 15 is 0 Å². The van der Waals surface area contributed by atoms with Gasteiger partial charge < -0.3 is 15.9 Å². The number of benzene rings is 1. The summed E-state index contributed by atoms with van der Waals surface area (Å²) in [6.07, 6.45) is -0.167. The van der Waals surface area contributed by atoms with Crippen LogP contribution in [0.1, 0.15) is 26.3 Å². The standard InChI is InChI=1S/C7H10N2O2S.C3H8O.C2H4O2/c8-5-6-1-3-7(4-2-6)12(9,10)11;1-3(2)4;1-2(3)4/h1-4H,5,8H2,(H2,9,10,11);3-4H,1-2H3;1H3,(H,3,4). The summed E-state index contributed by atoms with van der Waals surface area (Å²) in [5.74, 6) is -0.833. The van der Waals surface area contributed by atoms with Gasteiger partial charge in [-0.3, -0.25) is 4.79 Å². The van der Waals surface area contributed by atoms with Crippen LogP contribution in [0.15, 0.2) is 29.2 Å². The average molecular weight is 306 g/mol. The molecule has 0 saturated heterocycles. The molecule has 0 aliphatic heterocycles. The lowest BCUT2D eigenvalue weighted by molar-refractivity contribution is -0.134. The summed E-state index contributed by atoms with van der Waals surface area (Å²) < 4.78 is 21.6. The van der Waals surface area contributed by atoms with Crippen molar-refractivity contribution < 1.29 is 23.4 Å². The summed E-state index contributed by atoms with van der Waals surface area (Å²) in [7, 11) is -3.57. The van der Waals surface area contributed by atoms with Crippen LogP contribution in [-0.4, -0.2) is 30.7 Å². The fraction of sp³-hybridized carbons (Fsp3) is 0.417. The number of carboxylic acids is 1. The molecule has 0 saturated carbocycles. The van der Waals surface area contributed by atoms with Crippen molar-refractivity contribution in [2.24, 2.45) is 10.9 Å². The summed E-state index contributed by atoms with van der Waals surface area (Å²) in [4.78, 5) is 9.11. The molecule has 116 valence electrons. The Bertz CT molecular complexity index is 476. The molecular formula is C12H22N2O5S. The topological polar surface area (TPSA) is 144 Å². The molecule has 0 aromatic heterocycles. The van der Waals surface area contributed by atoms with E-state index in [1.54, 1.807) is 26.0 Å². The Kier molecular flexibility index (Phi) is 10.8. The van der Waals surface area contributed by atoms with E-state index in [2.05, 4.69) is 0 Å². The number of primary sulfonamides is 1. The fourth-order valence-electron chi connectivity index (χ4n) is 0.815. The molecule has 0 bridgehead atoms. The molecule has 1 rings (SSSR count). The number of aliphatic hydroxyl groups is 1. The highest BCUT2D eigenvalue weighted by atomic mass is 32.2. The second-order valence-electron chi connectivity index (χ2n) is 4.01. The summed E-state index contributed by atoms with van der Waals surface area (Å²) in [6.45, 7) is 4.92. The molecule has 1 aromatic rings. The maximum atomic E-state index is 10.8. The van der Waals surface area contributed by atoms with E-state index in [9.17, 15) is 8.42 Å². The predicted molar refractivity (Wildman–Crippen MR) is 76.4 cm³/mol. The number of aliphatic hydroxyl groups excluding tert-OH is 1.